The van der Waals surface area contributed by atoms with Gasteiger partial charge < -0.3 is 29.4 Å². The lowest BCUT2D eigenvalue weighted by Crippen LogP contribution is -2.35. The fraction of sp³-hybridized carbons (Fsp3) is 0.273. The molecule has 0 aliphatic heterocycles. The van der Waals surface area contributed by atoms with Gasteiger partial charge in [0.25, 0.3) is 5.91 Å². The molecule has 0 atom stereocenters. The Morgan fingerprint density at radius 3 is 2.38 bits per heavy atom. The molecule has 0 aliphatic carbocycles. The predicted octanol–water partition coefficient (Wildman–Crippen LogP) is 2.31. The van der Waals surface area contributed by atoms with Crippen LogP contribution < -0.4 is 24.8 Å². The van der Waals surface area contributed by atoms with Crippen molar-refractivity contribution in [3.8, 4) is 28.6 Å². The van der Waals surface area contributed by atoms with E-state index in [1.54, 1.807) is 42.5 Å². The van der Waals surface area contributed by atoms with E-state index < -0.39 is 5.91 Å². The molecule has 2 N–H and O–H groups in total. The molecule has 3 rings (SSSR count). The van der Waals surface area contributed by atoms with Gasteiger partial charge in [-0.05, 0) is 37.3 Å². The first-order chi connectivity index (χ1) is 15.6. The third-order valence-corrected chi connectivity index (χ3v) is 4.39. The quantitative estimate of drug-likeness (QED) is 0.460. The molecule has 0 saturated carbocycles. The molecule has 0 unspecified atom stereocenters. The SMILES string of the molecule is CCOc1ccccc1C(=O)NCCNC(=O)c1nc(-c2ccc(OC)c(OC)c2)no1. The summed E-state index contributed by atoms with van der Waals surface area (Å²) in [7, 11) is 3.05. The Labute approximate surface area is 184 Å². The van der Waals surface area contributed by atoms with Crippen LogP contribution >= 0.6 is 0 Å². The van der Waals surface area contributed by atoms with Crippen molar-refractivity contribution in [1.82, 2.24) is 20.8 Å². The highest BCUT2D eigenvalue weighted by molar-refractivity contribution is 5.97. The fourth-order valence-corrected chi connectivity index (χ4v) is 2.87. The molecular weight excluding hydrogens is 416 g/mol. The minimum Gasteiger partial charge on any atom is -0.493 e. The summed E-state index contributed by atoms with van der Waals surface area (Å²) in [6, 6.07) is 12.1. The van der Waals surface area contributed by atoms with Crippen molar-refractivity contribution >= 4 is 11.8 Å². The molecule has 1 aromatic heterocycles. The first-order valence-electron chi connectivity index (χ1n) is 9.91. The van der Waals surface area contributed by atoms with Crippen LogP contribution in [0.5, 0.6) is 17.2 Å². The van der Waals surface area contributed by atoms with Crippen LogP contribution in [0, 0.1) is 0 Å². The lowest BCUT2D eigenvalue weighted by Gasteiger charge is -2.10. The molecule has 0 spiro atoms. The zero-order valence-electron chi connectivity index (χ0n) is 18.0. The summed E-state index contributed by atoms with van der Waals surface area (Å²) in [6.45, 7) is 2.69. The number of carbonyl (C=O) groups excluding carboxylic acids is 2. The lowest BCUT2D eigenvalue weighted by atomic mass is 10.2. The first-order valence-corrected chi connectivity index (χ1v) is 9.91. The van der Waals surface area contributed by atoms with Gasteiger partial charge in [-0.15, -0.1) is 0 Å². The third-order valence-electron chi connectivity index (χ3n) is 4.39. The van der Waals surface area contributed by atoms with Crippen molar-refractivity contribution in [2.45, 2.75) is 6.92 Å². The molecule has 2 aromatic carbocycles. The Balaban J connectivity index is 1.53. The molecule has 3 aromatic rings. The standard InChI is InChI=1S/C22H24N4O6/c1-4-31-16-8-6-5-7-15(16)20(27)23-11-12-24-21(28)22-25-19(26-32-22)14-9-10-17(29-2)18(13-14)30-3/h5-10,13H,4,11-12H2,1-3H3,(H,23,27)(H,24,28). The molecular formula is C22H24N4O6. The minimum absolute atomic E-state index is 0.176. The van der Waals surface area contributed by atoms with Crippen molar-refractivity contribution in [2.75, 3.05) is 33.9 Å². The van der Waals surface area contributed by atoms with Crippen molar-refractivity contribution in [3.63, 3.8) is 0 Å². The van der Waals surface area contributed by atoms with E-state index in [1.165, 1.54) is 14.2 Å². The van der Waals surface area contributed by atoms with E-state index in [2.05, 4.69) is 20.8 Å². The Hall–Kier alpha value is -4.08. The number of ether oxygens (including phenoxy) is 3. The molecule has 0 fully saturated rings. The monoisotopic (exact) mass is 440 g/mol. The van der Waals surface area contributed by atoms with Gasteiger partial charge in [-0.3, -0.25) is 9.59 Å². The van der Waals surface area contributed by atoms with Gasteiger partial charge in [0.2, 0.25) is 5.82 Å². The molecule has 168 valence electrons. The summed E-state index contributed by atoms with van der Waals surface area (Å²) in [5.74, 6) is 0.765. The summed E-state index contributed by atoms with van der Waals surface area (Å²) in [5.41, 5.74) is 1.03. The Bertz CT molecular complexity index is 1080. The number of benzene rings is 2. The fourth-order valence-electron chi connectivity index (χ4n) is 2.87. The Morgan fingerprint density at radius 1 is 0.938 bits per heavy atom. The second-order valence-corrected chi connectivity index (χ2v) is 6.43. The van der Waals surface area contributed by atoms with E-state index in [9.17, 15) is 9.59 Å². The summed E-state index contributed by atoms with van der Waals surface area (Å²) < 4.78 is 21.0. The summed E-state index contributed by atoms with van der Waals surface area (Å²) in [5, 5.41) is 9.19. The number of nitrogens with zero attached hydrogens (tertiary/aromatic N) is 2. The van der Waals surface area contributed by atoms with Crippen LogP contribution in [0.15, 0.2) is 47.0 Å². The molecule has 10 heteroatoms. The maximum Gasteiger partial charge on any atom is 0.316 e. The number of aromatic nitrogens is 2. The minimum atomic E-state index is -0.548. The topological polar surface area (TPSA) is 125 Å². The van der Waals surface area contributed by atoms with Gasteiger partial charge in [-0.1, -0.05) is 17.3 Å². The van der Waals surface area contributed by atoms with E-state index in [1.807, 2.05) is 6.92 Å². The molecule has 0 bridgehead atoms. The van der Waals surface area contributed by atoms with E-state index in [0.29, 0.717) is 35.0 Å². The van der Waals surface area contributed by atoms with Crippen LogP contribution in [0.4, 0.5) is 0 Å². The number of carbonyl (C=O) groups is 2. The van der Waals surface area contributed by atoms with Crippen LogP contribution in [0.3, 0.4) is 0 Å². The normalized spacial score (nSPS) is 10.3. The van der Waals surface area contributed by atoms with Gasteiger partial charge in [-0.2, -0.15) is 4.98 Å². The third kappa shape index (κ3) is 5.34. The maximum atomic E-state index is 12.3. The van der Waals surface area contributed by atoms with Crippen LogP contribution in [0.2, 0.25) is 0 Å². The van der Waals surface area contributed by atoms with E-state index in [-0.39, 0.29) is 30.7 Å². The maximum absolute atomic E-state index is 12.3. The molecule has 10 nitrogen and oxygen atoms in total. The van der Waals surface area contributed by atoms with E-state index >= 15 is 0 Å². The van der Waals surface area contributed by atoms with E-state index in [4.69, 9.17) is 18.7 Å². The second-order valence-electron chi connectivity index (χ2n) is 6.43. The molecule has 0 radical (unpaired) electrons. The molecule has 2 amide bonds. The van der Waals surface area contributed by atoms with Gasteiger partial charge >= 0.3 is 11.8 Å². The predicted molar refractivity (Wildman–Crippen MR) is 115 cm³/mol. The van der Waals surface area contributed by atoms with Gasteiger partial charge in [-0.25, -0.2) is 0 Å². The number of hydrogen-bond donors (Lipinski definition) is 2. The Morgan fingerprint density at radius 2 is 1.66 bits per heavy atom. The zero-order chi connectivity index (χ0) is 22.9. The molecule has 0 saturated heterocycles. The number of nitrogens with one attached hydrogen (secondary N) is 2. The number of hydrogen-bond acceptors (Lipinski definition) is 8. The number of para-hydroxylation sites is 1. The van der Waals surface area contributed by atoms with E-state index in [0.717, 1.165) is 0 Å². The number of rotatable bonds is 10. The van der Waals surface area contributed by atoms with Gasteiger partial charge in [0.1, 0.15) is 5.75 Å². The average Bonchev–Trinajstić information content (AvgIpc) is 3.32. The zero-order valence-corrected chi connectivity index (χ0v) is 18.0. The van der Waals surface area contributed by atoms with Gasteiger partial charge in [0.15, 0.2) is 11.5 Å². The number of amides is 2. The largest absolute Gasteiger partial charge is 0.493 e. The van der Waals surface area contributed by atoms with Crippen molar-refractivity contribution in [2.24, 2.45) is 0 Å². The van der Waals surface area contributed by atoms with Crippen molar-refractivity contribution < 1.29 is 28.3 Å². The highest BCUT2D eigenvalue weighted by Gasteiger charge is 2.17. The summed E-state index contributed by atoms with van der Waals surface area (Å²) in [4.78, 5) is 28.7. The van der Waals surface area contributed by atoms with Gasteiger partial charge in [0, 0.05) is 18.7 Å². The molecule has 32 heavy (non-hydrogen) atoms. The summed E-state index contributed by atoms with van der Waals surface area (Å²) >= 11 is 0. The summed E-state index contributed by atoms with van der Waals surface area (Å²) in [6.07, 6.45) is 0. The highest BCUT2D eigenvalue weighted by atomic mass is 16.5. The highest BCUT2D eigenvalue weighted by Crippen LogP contribution is 2.31. The number of methoxy groups -OCH3 is 2. The van der Waals surface area contributed by atoms with Crippen LogP contribution in [-0.4, -0.2) is 55.9 Å². The smallest absolute Gasteiger partial charge is 0.316 e. The average molecular weight is 440 g/mol. The first kappa shape index (κ1) is 22.6. The molecule has 0 aliphatic rings. The van der Waals surface area contributed by atoms with Crippen molar-refractivity contribution in [1.29, 1.82) is 0 Å². The van der Waals surface area contributed by atoms with Crippen LogP contribution in [0.25, 0.3) is 11.4 Å². The second kappa shape index (κ2) is 10.8. The van der Waals surface area contributed by atoms with Crippen LogP contribution in [0.1, 0.15) is 28.0 Å². The van der Waals surface area contributed by atoms with Crippen molar-refractivity contribution in [3.05, 3.63) is 53.9 Å². The molecule has 1 heterocycles. The van der Waals surface area contributed by atoms with Gasteiger partial charge in [0.05, 0.1) is 26.4 Å². The Kier molecular flexibility index (Phi) is 7.63. The van der Waals surface area contributed by atoms with Crippen LogP contribution in [-0.2, 0) is 0 Å². The lowest BCUT2D eigenvalue weighted by molar-refractivity contribution is 0.0897.